The maximum absolute atomic E-state index is 12.1. The van der Waals surface area contributed by atoms with Crippen molar-refractivity contribution >= 4 is 10.0 Å². The second-order valence-corrected chi connectivity index (χ2v) is 8.03. The van der Waals surface area contributed by atoms with Crippen LogP contribution in [0.4, 0.5) is 0 Å². The zero-order valence-corrected chi connectivity index (χ0v) is 13.4. The van der Waals surface area contributed by atoms with Gasteiger partial charge in [-0.05, 0) is 31.6 Å². The predicted octanol–water partition coefficient (Wildman–Crippen LogP) is 0.780. The van der Waals surface area contributed by atoms with Crippen molar-refractivity contribution in [2.75, 3.05) is 38.5 Å². The van der Waals surface area contributed by atoms with Gasteiger partial charge in [0.05, 0.1) is 5.75 Å². The topological polar surface area (TPSA) is 61.4 Å². The third-order valence-corrected chi connectivity index (χ3v) is 6.07. The lowest BCUT2D eigenvalue weighted by Gasteiger charge is -2.29. The van der Waals surface area contributed by atoms with E-state index in [0.29, 0.717) is 6.54 Å². The van der Waals surface area contributed by atoms with Gasteiger partial charge >= 0.3 is 0 Å². The van der Waals surface area contributed by atoms with Crippen LogP contribution < -0.4 is 10.0 Å². The van der Waals surface area contributed by atoms with Crippen molar-refractivity contribution in [3.8, 4) is 0 Å². The Morgan fingerprint density at radius 3 is 2.40 bits per heavy atom. The van der Waals surface area contributed by atoms with E-state index in [1.54, 1.807) is 0 Å². The first-order valence-corrected chi connectivity index (χ1v) is 9.67. The lowest BCUT2D eigenvalue weighted by Crippen LogP contribution is -2.47. The van der Waals surface area contributed by atoms with E-state index in [4.69, 9.17) is 0 Å². The average molecular weight is 303 g/mol. The maximum atomic E-state index is 12.1. The predicted molar refractivity (Wildman–Crippen MR) is 82.3 cm³/mol. The summed E-state index contributed by atoms with van der Waals surface area (Å²) in [7, 11) is -3.12. The van der Waals surface area contributed by atoms with Crippen molar-refractivity contribution in [1.29, 1.82) is 0 Å². The largest absolute Gasteiger partial charge is 0.314 e. The van der Waals surface area contributed by atoms with E-state index in [0.717, 1.165) is 44.9 Å². The Kier molecular flexibility index (Phi) is 6.26. The number of nitrogens with zero attached hydrogens (tertiary/aromatic N) is 1. The number of hydrogen-bond donors (Lipinski definition) is 2. The molecule has 1 aliphatic heterocycles. The second-order valence-electron chi connectivity index (χ2n) is 6.15. The van der Waals surface area contributed by atoms with Gasteiger partial charge in [-0.3, -0.25) is 4.90 Å². The summed E-state index contributed by atoms with van der Waals surface area (Å²) >= 11 is 0. The first-order chi connectivity index (χ1) is 9.59. The van der Waals surface area contributed by atoms with Gasteiger partial charge in [0.1, 0.15) is 0 Å². The Labute approximate surface area is 123 Å². The minimum atomic E-state index is -3.12. The van der Waals surface area contributed by atoms with Crippen LogP contribution in [0.15, 0.2) is 0 Å². The molecule has 0 bridgehead atoms. The van der Waals surface area contributed by atoms with Crippen molar-refractivity contribution in [3.63, 3.8) is 0 Å². The van der Waals surface area contributed by atoms with Gasteiger partial charge in [-0.15, -0.1) is 0 Å². The first kappa shape index (κ1) is 16.2. The van der Waals surface area contributed by atoms with Crippen LogP contribution >= 0.6 is 0 Å². The fourth-order valence-electron chi connectivity index (χ4n) is 3.19. The number of piperazine rings is 1. The van der Waals surface area contributed by atoms with Crippen LogP contribution in [-0.2, 0) is 10.0 Å². The Balaban J connectivity index is 1.70. The number of sulfonamides is 1. The van der Waals surface area contributed by atoms with Gasteiger partial charge in [-0.2, -0.15) is 0 Å². The minimum absolute atomic E-state index is 0.172. The van der Waals surface area contributed by atoms with Gasteiger partial charge in [0.15, 0.2) is 0 Å². The van der Waals surface area contributed by atoms with E-state index in [2.05, 4.69) is 21.9 Å². The molecule has 6 heteroatoms. The number of nitrogens with one attached hydrogen (secondary N) is 2. The molecule has 1 saturated heterocycles. The van der Waals surface area contributed by atoms with E-state index in [1.165, 1.54) is 19.3 Å². The summed E-state index contributed by atoms with van der Waals surface area (Å²) in [5, 5.41) is 3.28. The lowest BCUT2D eigenvalue weighted by molar-refractivity contribution is 0.253. The second kappa shape index (κ2) is 7.73. The van der Waals surface area contributed by atoms with Crippen LogP contribution in [-0.4, -0.2) is 57.8 Å². The van der Waals surface area contributed by atoms with Crippen LogP contribution in [0, 0.1) is 5.92 Å². The van der Waals surface area contributed by atoms with Gasteiger partial charge in [-0.1, -0.05) is 13.3 Å². The molecule has 0 aromatic carbocycles. The number of rotatable bonds is 6. The number of hydrogen-bond acceptors (Lipinski definition) is 4. The molecule has 2 rings (SSSR count). The third kappa shape index (κ3) is 5.31. The smallest absolute Gasteiger partial charge is 0.213 e. The van der Waals surface area contributed by atoms with E-state index >= 15 is 0 Å². The van der Waals surface area contributed by atoms with E-state index < -0.39 is 10.0 Å². The normalized spacial score (nSPS) is 29.4. The van der Waals surface area contributed by atoms with Crippen LogP contribution in [0.25, 0.3) is 0 Å². The first-order valence-electron chi connectivity index (χ1n) is 8.02. The van der Waals surface area contributed by atoms with Gasteiger partial charge in [0.25, 0.3) is 0 Å². The molecule has 1 aliphatic carbocycles. The van der Waals surface area contributed by atoms with Crippen molar-refractivity contribution in [1.82, 2.24) is 14.9 Å². The Hall–Kier alpha value is -0.170. The standard InChI is InChI=1S/C14H29N3O2S/c1-2-13-3-5-14(6-4-13)16-20(18,19)12-11-17-9-7-15-8-10-17/h13-16H,2-12H2,1H3. The molecule has 118 valence electrons. The summed E-state index contributed by atoms with van der Waals surface area (Å²) < 4.78 is 27.2. The molecule has 0 aromatic heterocycles. The highest BCUT2D eigenvalue weighted by atomic mass is 32.2. The van der Waals surface area contributed by atoms with Crippen molar-refractivity contribution in [2.45, 2.75) is 45.1 Å². The third-order valence-electron chi connectivity index (χ3n) is 4.66. The molecular formula is C14H29N3O2S. The van der Waals surface area contributed by atoms with E-state index in [9.17, 15) is 8.42 Å². The highest BCUT2D eigenvalue weighted by molar-refractivity contribution is 7.89. The average Bonchev–Trinajstić information content (AvgIpc) is 2.47. The van der Waals surface area contributed by atoms with Crippen LogP contribution in [0.5, 0.6) is 0 Å². The van der Waals surface area contributed by atoms with Crippen LogP contribution in [0.2, 0.25) is 0 Å². The molecule has 0 amide bonds. The Morgan fingerprint density at radius 1 is 1.15 bits per heavy atom. The molecule has 0 unspecified atom stereocenters. The minimum Gasteiger partial charge on any atom is -0.314 e. The van der Waals surface area contributed by atoms with Crippen molar-refractivity contribution < 1.29 is 8.42 Å². The summed E-state index contributed by atoms with van der Waals surface area (Å²) in [5.41, 5.74) is 0. The summed E-state index contributed by atoms with van der Waals surface area (Å²) in [6.07, 6.45) is 5.57. The van der Waals surface area contributed by atoms with Crippen molar-refractivity contribution in [2.24, 2.45) is 5.92 Å². The molecule has 0 aromatic rings. The molecule has 1 heterocycles. The maximum Gasteiger partial charge on any atom is 0.213 e. The molecule has 2 fully saturated rings. The van der Waals surface area contributed by atoms with Crippen molar-refractivity contribution in [3.05, 3.63) is 0 Å². The fourth-order valence-corrected chi connectivity index (χ4v) is 4.55. The quantitative estimate of drug-likeness (QED) is 0.761. The molecule has 5 nitrogen and oxygen atoms in total. The molecular weight excluding hydrogens is 274 g/mol. The van der Waals surface area contributed by atoms with E-state index in [-0.39, 0.29) is 11.8 Å². The van der Waals surface area contributed by atoms with Crippen LogP contribution in [0.1, 0.15) is 39.0 Å². The highest BCUT2D eigenvalue weighted by Gasteiger charge is 2.24. The summed E-state index contributed by atoms with van der Waals surface area (Å²) in [4.78, 5) is 2.23. The van der Waals surface area contributed by atoms with E-state index in [1.807, 2.05) is 0 Å². The molecule has 0 spiro atoms. The molecule has 1 saturated carbocycles. The highest BCUT2D eigenvalue weighted by Crippen LogP contribution is 2.26. The molecule has 2 N–H and O–H groups in total. The molecule has 0 radical (unpaired) electrons. The lowest BCUT2D eigenvalue weighted by atomic mass is 9.85. The molecule has 0 atom stereocenters. The van der Waals surface area contributed by atoms with Crippen LogP contribution in [0.3, 0.4) is 0 Å². The Bertz CT molecular complexity index is 372. The summed E-state index contributed by atoms with van der Waals surface area (Å²) in [6.45, 7) is 6.72. The summed E-state index contributed by atoms with van der Waals surface area (Å²) in [6, 6.07) is 0.172. The van der Waals surface area contributed by atoms with Gasteiger partial charge in [0.2, 0.25) is 10.0 Å². The van der Waals surface area contributed by atoms with Gasteiger partial charge < -0.3 is 5.32 Å². The zero-order chi connectivity index (χ0) is 14.4. The van der Waals surface area contributed by atoms with Gasteiger partial charge in [-0.25, -0.2) is 13.1 Å². The SMILES string of the molecule is CCC1CCC(NS(=O)(=O)CCN2CCNCC2)CC1. The Morgan fingerprint density at radius 2 is 1.80 bits per heavy atom. The monoisotopic (exact) mass is 303 g/mol. The molecule has 20 heavy (non-hydrogen) atoms. The zero-order valence-electron chi connectivity index (χ0n) is 12.6. The molecule has 2 aliphatic rings. The fraction of sp³-hybridized carbons (Fsp3) is 1.00. The van der Waals surface area contributed by atoms with Gasteiger partial charge in [0, 0.05) is 38.8 Å². The summed E-state index contributed by atoms with van der Waals surface area (Å²) in [5.74, 6) is 1.04.